The van der Waals surface area contributed by atoms with Gasteiger partial charge in [-0.2, -0.15) is 9.61 Å². The predicted octanol–water partition coefficient (Wildman–Crippen LogP) is 1.68. The molecule has 0 aliphatic carbocycles. The molecule has 17 heavy (non-hydrogen) atoms. The molecule has 0 unspecified atom stereocenters. The van der Waals surface area contributed by atoms with Crippen molar-refractivity contribution in [1.29, 1.82) is 0 Å². The topological polar surface area (TPSA) is 69.1 Å². The van der Waals surface area contributed by atoms with Gasteiger partial charge in [-0.15, -0.1) is 10.2 Å². The molecule has 0 spiro atoms. The molecule has 0 aliphatic heterocycles. The summed E-state index contributed by atoms with van der Waals surface area (Å²) in [5, 5.41) is 12.5. The van der Waals surface area contributed by atoms with Crippen LogP contribution in [-0.4, -0.2) is 19.8 Å². The van der Waals surface area contributed by atoms with E-state index in [1.54, 1.807) is 4.52 Å². The minimum atomic E-state index is 0.727. The van der Waals surface area contributed by atoms with Gasteiger partial charge < -0.3 is 5.73 Å². The minimum absolute atomic E-state index is 0.727. The van der Waals surface area contributed by atoms with Crippen molar-refractivity contribution in [3.63, 3.8) is 0 Å². The third kappa shape index (κ3) is 1.61. The van der Waals surface area contributed by atoms with Gasteiger partial charge in [-0.05, 0) is 31.2 Å². The smallest absolute Gasteiger partial charge is 0.177 e. The molecule has 2 aromatic heterocycles. The average Bonchev–Trinajstić information content (AvgIpc) is 2.71. The zero-order chi connectivity index (χ0) is 11.8. The highest BCUT2D eigenvalue weighted by molar-refractivity contribution is 5.64. The van der Waals surface area contributed by atoms with Gasteiger partial charge in [-0.25, -0.2) is 0 Å². The average molecular weight is 225 g/mol. The van der Waals surface area contributed by atoms with E-state index in [0.717, 1.165) is 28.4 Å². The summed E-state index contributed by atoms with van der Waals surface area (Å²) in [6.07, 6.45) is 0. The van der Waals surface area contributed by atoms with Crippen LogP contribution >= 0.6 is 0 Å². The summed E-state index contributed by atoms with van der Waals surface area (Å²) < 4.78 is 1.72. The Labute approximate surface area is 97.9 Å². The standard InChI is InChI=1S/C12H11N5/c1-8-14-15-12-6-5-11(16-17(8)12)9-3-2-4-10(13)7-9/h2-7H,13H2,1H3. The number of nitrogens with zero attached hydrogens (tertiary/aromatic N) is 4. The molecule has 3 rings (SSSR count). The van der Waals surface area contributed by atoms with Crippen LogP contribution in [-0.2, 0) is 0 Å². The number of aryl methyl sites for hydroxylation is 1. The molecule has 0 saturated heterocycles. The van der Waals surface area contributed by atoms with Gasteiger partial charge in [0.25, 0.3) is 0 Å². The molecule has 0 bridgehead atoms. The van der Waals surface area contributed by atoms with E-state index < -0.39 is 0 Å². The first-order valence-electron chi connectivity index (χ1n) is 5.29. The van der Waals surface area contributed by atoms with Crippen LogP contribution in [0.15, 0.2) is 36.4 Å². The summed E-state index contributed by atoms with van der Waals surface area (Å²) in [7, 11) is 0. The Balaban J connectivity index is 2.20. The second-order valence-corrected chi connectivity index (χ2v) is 3.86. The lowest BCUT2D eigenvalue weighted by atomic mass is 10.1. The van der Waals surface area contributed by atoms with E-state index >= 15 is 0 Å². The van der Waals surface area contributed by atoms with Crippen molar-refractivity contribution in [1.82, 2.24) is 19.8 Å². The zero-order valence-corrected chi connectivity index (χ0v) is 9.33. The first kappa shape index (κ1) is 9.77. The number of anilines is 1. The molecule has 5 heteroatoms. The van der Waals surface area contributed by atoms with Crippen molar-refractivity contribution in [3.05, 3.63) is 42.2 Å². The van der Waals surface area contributed by atoms with E-state index in [1.807, 2.05) is 43.3 Å². The van der Waals surface area contributed by atoms with Crippen molar-refractivity contribution >= 4 is 11.3 Å². The van der Waals surface area contributed by atoms with Crippen LogP contribution in [0.1, 0.15) is 5.82 Å². The van der Waals surface area contributed by atoms with Crippen LogP contribution in [0.25, 0.3) is 16.9 Å². The summed E-state index contributed by atoms with van der Waals surface area (Å²) in [6, 6.07) is 11.4. The Morgan fingerprint density at radius 3 is 2.82 bits per heavy atom. The third-order valence-electron chi connectivity index (χ3n) is 2.60. The quantitative estimate of drug-likeness (QED) is 0.640. The maximum Gasteiger partial charge on any atom is 0.177 e. The highest BCUT2D eigenvalue weighted by Gasteiger charge is 2.05. The summed E-state index contributed by atoms with van der Waals surface area (Å²) in [5.74, 6) is 0.769. The van der Waals surface area contributed by atoms with Gasteiger partial charge in [0.15, 0.2) is 11.5 Å². The minimum Gasteiger partial charge on any atom is -0.399 e. The molecule has 0 amide bonds. The van der Waals surface area contributed by atoms with Gasteiger partial charge in [0.05, 0.1) is 5.69 Å². The lowest BCUT2D eigenvalue weighted by Gasteiger charge is -2.02. The Kier molecular flexibility index (Phi) is 2.04. The molecule has 2 heterocycles. The first-order chi connectivity index (χ1) is 8.24. The van der Waals surface area contributed by atoms with E-state index in [0.29, 0.717) is 0 Å². The molecule has 3 aromatic rings. The van der Waals surface area contributed by atoms with Crippen molar-refractivity contribution in [2.75, 3.05) is 5.73 Å². The normalized spacial score (nSPS) is 10.9. The monoisotopic (exact) mass is 225 g/mol. The van der Waals surface area contributed by atoms with Gasteiger partial charge in [-0.3, -0.25) is 0 Å². The summed E-state index contributed by atoms with van der Waals surface area (Å²) in [5.41, 5.74) is 9.07. The number of rotatable bonds is 1. The Morgan fingerprint density at radius 2 is 2.00 bits per heavy atom. The molecule has 2 N–H and O–H groups in total. The van der Waals surface area contributed by atoms with Crippen molar-refractivity contribution < 1.29 is 0 Å². The van der Waals surface area contributed by atoms with Gasteiger partial charge in [0.2, 0.25) is 0 Å². The number of aromatic nitrogens is 4. The molecule has 84 valence electrons. The third-order valence-corrected chi connectivity index (χ3v) is 2.60. The fourth-order valence-electron chi connectivity index (χ4n) is 1.75. The van der Waals surface area contributed by atoms with Gasteiger partial charge in [0, 0.05) is 11.3 Å². The maximum absolute atomic E-state index is 5.76. The number of nitrogen functional groups attached to an aromatic ring is 1. The summed E-state index contributed by atoms with van der Waals surface area (Å²) >= 11 is 0. The molecule has 0 radical (unpaired) electrons. The first-order valence-corrected chi connectivity index (χ1v) is 5.29. The van der Waals surface area contributed by atoms with E-state index in [9.17, 15) is 0 Å². The van der Waals surface area contributed by atoms with Crippen LogP contribution in [0.4, 0.5) is 5.69 Å². The Hall–Kier alpha value is -2.43. The van der Waals surface area contributed by atoms with E-state index in [1.165, 1.54) is 0 Å². The molecule has 0 aliphatic rings. The number of benzene rings is 1. The van der Waals surface area contributed by atoms with E-state index in [2.05, 4.69) is 15.3 Å². The van der Waals surface area contributed by atoms with Gasteiger partial charge in [-0.1, -0.05) is 12.1 Å². The van der Waals surface area contributed by atoms with Crippen molar-refractivity contribution in [2.24, 2.45) is 0 Å². The molecule has 5 nitrogen and oxygen atoms in total. The maximum atomic E-state index is 5.76. The molecule has 1 aromatic carbocycles. The van der Waals surface area contributed by atoms with Gasteiger partial charge in [0.1, 0.15) is 0 Å². The van der Waals surface area contributed by atoms with Crippen LogP contribution in [0.3, 0.4) is 0 Å². The lowest BCUT2D eigenvalue weighted by Crippen LogP contribution is -1.96. The van der Waals surface area contributed by atoms with E-state index in [-0.39, 0.29) is 0 Å². The molecule has 0 fully saturated rings. The SMILES string of the molecule is Cc1nnc2ccc(-c3cccc(N)c3)nn12. The van der Waals surface area contributed by atoms with Crippen LogP contribution in [0, 0.1) is 6.92 Å². The number of hydrogen-bond acceptors (Lipinski definition) is 4. The van der Waals surface area contributed by atoms with E-state index in [4.69, 9.17) is 5.73 Å². The highest BCUT2D eigenvalue weighted by Crippen LogP contribution is 2.19. The predicted molar refractivity (Wildman–Crippen MR) is 65.4 cm³/mol. The zero-order valence-electron chi connectivity index (χ0n) is 9.33. The lowest BCUT2D eigenvalue weighted by molar-refractivity contribution is 0.880. The summed E-state index contributed by atoms with van der Waals surface area (Å²) in [6.45, 7) is 1.87. The molecule has 0 atom stereocenters. The highest BCUT2D eigenvalue weighted by atomic mass is 15.4. The molecule has 0 saturated carbocycles. The fraction of sp³-hybridized carbons (Fsp3) is 0.0833. The van der Waals surface area contributed by atoms with Crippen LogP contribution < -0.4 is 5.73 Å². The molecular weight excluding hydrogens is 214 g/mol. The second kappa shape index (κ2) is 3.55. The summed E-state index contributed by atoms with van der Waals surface area (Å²) in [4.78, 5) is 0. The number of nitrogens with two attached hydrogens (primary N) is 1. The molecular formula is C12H11N5. The fourth-order valence-corrected chi connectivity index (χ4v) is 1.75. The second-order valence-electron chi connectivity index (χ2n) is 3.86. The number of hydrogen-bond donors (Lipinski definition) is 1. The van der Waals surface area contributed by atoms with Crippen molar-refractivity contribution in [2.45, 2.75) is 6.92 Å². The largest absolute Gasteiger partial charge is 0.399 e. The number of fused-ring (bicyclic) bond motifs is 1. The van der Waals surface area contributed by atoms with Crippen molar-refractivity contribution in [3.8, 4) is 11.3 Å². The Bertz CT molecular complexity index is 686. The van der Waals surface area contributed by atoms with Crippen LogP contribution in [0.2, 0.25) is 0 Å². The Morgan fingerprint density at radius 1 is 1.12 bits per heavy atom. The van der Waals surface area contributed by atoms with Gasteiger partial charge >= 0.3 is 0 Å². The van der Waals surface area contributed by atoms with Crippen LogP contribution in [0.5, 0.6) is 0 Å².